The Kier molecular flexibility index (Phi) is 5.63. The maximum Gasteiger partial charge on any atom is 0.241 e. The lowest BCUT2D eigenvalue weighted by atomic mass is 10.1. The van der Waals surface area contributed by atoms with Crippen LogP contribution in [0.5, 0.6) is 11.5 Å². The standard InChI is InChI=1S/C17H21NO4S/c1-4-22-14-9-11-15(12-10-14)23(19,20)18-13(2)16-7-5-6-8-17(16)21-3/h5-13,18H,4H2,1-3H3. The summed E-state index contributed by atoms with van der Waals surface area (Å²) in [6.07, 6.45) is 0. The second-order valence-corrected chi connectivity index (χ2v) is 6.70. The topological polar surface area (TPSA) is 64.6 Å². The summed E-state index contributed by atoms with van der Waals surface area (Å²) in [5, 5.41) is 0. The van der Waals surface area contributed by atoms with Crippen LogP contribution in [0.15, 0.2) is 53.4 Å². The van der Waals surface area contributed by atoms with Gasteiger partial charge in [0.2, 0.25) is 10.0 Å². The van der Waals surface area contributed by atoms with Gasteiger partial charge in [-0.1, -0.05) is 18.2 Å². The highest BCUT2D eigenvalue weighted by atomic mass is 32.2. The Morgan fingerprint density at radius 1 is 1.09 bits per heavy atom. The highest BCUT2D eigenvalue weighted by molar-refractivity contribution is 7.89. The Balaban J connectivity index is 2.20. The summed E-state index contributed by atoms with van der Waals surface area (Å²) in [6, 6.07) is 13.3. The van der Waals surface area contributed by atoms with E-state index in [0.717, 1.165) is 5.56 Å². The number of hydrogen-bond donors (Lipinski definition) is 1. The molecule has 124 valence electrons. The van der Waals surface area contributed by atoms with Gasteiger partial charge in [0.25, 0.3) is 0 Å². The first kappa shape index (κ1) is 17.3. The van der Waals surface area contributed by atoms with Crippen LogP contribution in [0.1, 0.15) is 25.5 Å². The molecule has 1 unspecified atom stereocenters. The third-order valence-electron chi connectivity index (χ3n) is 3.38. The molecule has 5 nitrogen and oxygen atoms in total. The molecule has 0 aromatic heterocycles. The van der Waals surface area contributed by atoms with Crippen molar-refractivity contribution in [3.05, 3.63) is 54.1 Å². The monoisotopic (exact) mass is 335 g/mol. The fourth-order valence-electron chi connectivity index (χ4n) is 2.27. The highest BCUT2D eigenvalue weighted by Gasteiger charge is 2.20. The smallest absolute Gasteiger partial charge is 0.241 e. The number of hydrogen-bond acceptors (Lipinski definition) is 4. The van der Waals surface area contributed by atoms with E-state index < -0.39 is 16.1 Å². The molecular formula is C17H21NO4S. The zero-order chi connectivity index (χ0) is 16.9. The van der Waals surface area contributed by atoms with E-state index in [1.807, 2.05) is 25.1 Å². The minimum absolute atomic E-state index is 0.197. The number of para-hydroxylation sites is 1. The largest absolute Gasteiger partial charge is 0.496 e. The predicted octanol–water partition coefficient (Wildman–Crippen LogP) is 3.13. The number of benzene rings is 2. The highest BCUT2D eigenvalue weighted by Crippen LogP contribution is 2.26. The van der Waals surface area contributed by atoms with Gasteiger partial charge in [0.05, 0.1) is 18.6 Å². The molecule has 0 aliphatic carbocycles. The summed E-state index contributed by atoms with van der Waals surface area (Å²) in [7, 11) is -2.06. The van der Waals surface area contributed by atoms with Crippen LogP contribution in [0.3, 0.4) is 0 Å². The van der Waals surface area contributed by atoms with Gasteiger partial charge < -0.3 is 9.47 Å². The van der Waals surface area contributed by atoms with Crippen molar-refractivity contribution in [1.82, 2.24) is 4.72 Å². The average Bonchev–Trinajstić information content (AvgIpc) is 2.55. The SMILES string of the molecule is CCOc1ccc(S(=O)(=O)NC(C)c2ccccc2OC)cc1. The molecule has 0 bridgehead atoms. The van der Waals surface area contributed by atoms with Crippen LogP contribution in [0.25, 0.3) is 0 Å². The lowest BCUT2D eigenvalue weighted by Gasteiger charge is -2.17. The minimum atomic E-state index is -3.63. The summed E-state index contributed by atoms with van der Waals surface area (Å²) < 4.78 is 38.3. The molecule has 0 heterocycles. The molecule has 0 spiro atoms. The maximum atomic E-state index is 12.5. The van der Waals surface area contributed by atoms with E-state index in [-0.39, 0.29) is 4.90 Å². The first-order valence-corrected chi connectivity index (χ1v) is 8.84. The van der Waals surface area contributed by atoms with E-state index in [1.54, 1.807) is 32.2 Å². The first-order valence-electron chi connectivity index (χ1n) is 7.36. The summed E-state index contributed by atoms with van der Waals surface area (Å²) in [6.45, 7) is 4.19. The average molecular weight is 335 g/mol. The van der Waals surface area contributed by atoms with Crippen molar-refractivity contribution in [2.75, 3.05) is 13.7 Å². The number of ether oxygens (including phenoxy) is 2. The van der Waals surface area contributed by atoms with Crippen LogP contribution < -0.4 is 14.2 Å². The third-order valence-corrected chi connectivity index (χ3v) is 4.94. The van der Waals surface area contributed by atoms with Crippen LogP contribution in [0, 0.1) is 0 Å². The molecule has 1 atom stereocenters. The molecule has 6 heteroatoms. The van der Waals surface area contributed by atoms with Gasteiger partial charge in [-0.25, -0.2) is 13.1 Å². The zero-order valence-electron chi connectivity index (χ0n) is 13.4. The van der Waals surface area contributed by atoms with Gasteiger partial charge in [-0.15, -0.1) is 0 Å². The molecule has 1 N–H and O–H groups in total. The van der Waals surface area contributed by atoms with Crippen LogP contribution in [-0.4, -0.2) is 22.1 Å². The number of nitrogens with one attached hydrogen (secondary N) is 1. The second-order valence-electron chi connectivity index (χ2n) is 4.99. The number of sulfonamides is 1. The summed E-state index contributed by atoms with van der Waals surface area (Å²) in [4.78, 5) is 0.197. The van der Waals surface area contributed by atoms with Crippen molar-refractivity contribution < 1.29 is 17.9 Å². The van der Waals surface area contributed by atoms with Crippen LogP contribution >= 0.6 is 0 Å². The molecule has 0 radical (unpaired) electrons. The van der Waals surface area contributed by atoms with E-state index in [0.29, 0.717) is 18.1 Å². The normalized spacial score (nSPS) is 12.7. The van der Waals surface area contributed by atoms with Crippen LogP contribution in [-0.2, 0) is 10.0 Å². The quantitative estimate of drug-likeness (QED) is 0.844. The molecule has 2 aromatic rings. The van der Waals surface area contributed by atoms with Crippen molar-refractivity contribution in [3.63, 3.8) is 0 Å². The summed E-state index contributed by atoms with van der Waals surface area (Å²) in [5.74, 6) is 1.29. The number of rotatable bonds is 7. The van der Waals surface area contributed by atoms with Gasteiger partial charge in [0.1, 0.15) is 11.5 Å². The lowest BCUT2D eigenvalue weighted by Crippen LogP contribution is -2.27. The molecule has 0 saturated carbocycles. The Morgan fingerprint density at radius 3 is 2.35 bits per heavy atom. The Morgan fingerprint density at radius 2 is 1.74 bits per heavy atom. The van der Waals surface area contributed by atoms with Gasteiger partial charge in [0.15, 0.2) is 0 Å². The van der Waals surface area contributed by atoms with E-state index in [1.165, 1.54) is 12.1 Å². The maximum absolute atomic E-state index is 12.5. The van der Waals surface area contributed by atoms with E-state index in [4.69, 9.17) is 9.47 Å². The fraction of sp³-hybridized carbons (Fsp3) is 0.294. The van der Waals surface area contributed by atoms with E-state index in [9.17, 15) is 8.42 Å². The van der Waals surface area contributed by atoms with Crippen molar-refractivity contribution in [1.29, 1.82) is 0 Å². The lowest BCUT2D eigenvalue weighted by molar-refractivity contribution is 0.340. The van der Waals surface area contributed by atoms with E-state index in [2.05, 4.69) is 4.72 Å². The molecule has 0 saturated heterocycles. The minimum Gasteiger partial charge on any atom is -0.496 e. The molecule has 0 fully saturated rings. The Labute approximate surface area is 137 Å². The number of methoxy groups -OCH3 is 1. The second kappa shape index (κ2) is 7.48. The van der Waals surface area contributed by atoms with Gasteiger partial charge in [0, 0.05) is 11.6 Å². The van der Waals surface area contributed by atoms with Crippen molar-refractivity contribution in [3.8, 4) is 11.5 Å². The molecule has 23 heavy (non-hydrogen) atoms. The zero-order valence-corrected chi connectivity index (χ0v) is 14.3. The van der Waals surface area contributed by atoms with Gasteiger partial charge in [-0.2, -0.15) is 0 Å². The van der Waals surface area contributed by atoms with Crippen molar-refractivity contribution in [2.24, 2.45) is 0 Å². The molecular weight excluding hydrogens is 314 g/mol. The van der Waals surface area contributed by atoms with Gasteiger partial charge >= 0.3 is 0 Å². The van der Waals surface area contributed by atoms with E-state index >= 15 is 0 Å². The first-order chi connectivity index (χ1) is 11.0. The third kappa shape index (κ3) is 4.24. The van der Waals surface area contributed by atoms with Gasteiger partial charge in [-0.05, 0) is 44.2 Å². The van der Waals surface area contributed by atoms with Crippen LogP contribution in [0.2, 0.25) is 0 Å². The molecule has 2 aromatic carbocycles. The van der Waals surface area contributed by atoms with Gasteiger partial charge in [-0.3, -0.25) is 0 Å². The molecule has 0 aliphatic heterocycles. The summed E-state index contributed by atoms with van der Waals surface area (Å²) in [5.41, 5.74) is 0.782. The fourth-order valence-corrected chi connectivity index (χ4v) is 3.49. The molecule has 2 rings (SSSR count). The Hall–Kier alpha value is -2.05. The van der Waals surface area contributed by atoms with Crippen molar-refractivity contribution >= 4 is 10.0 Å². The van der Waals surface area contributed by atoms with Crippen LogP contribution in [0.4, 0.5) is 0 Å². The summed E-state index contributed by atoms with van der Waals surface area (Å²) >= 11 is 0. The molecule has 0 amide bonds. The van der Waals surface area contributed by atoms with Crippen molar-refractivity contribution in [2.45, 2.75) is 24.8 Å². The Bertz CT molecular complexity index is 741. The predicted molar refractivity (Wildman–Crippen MR) is 89.3 cm³/mol. The molecule has 0 aliphatic rings.